The van der Waals surface area contributed by atoms with Crippen molar-refractivity contribution in [3.8, 4) is 0 Å². The lowest BCUT2D eigenvalue weighted by atomic mass is 10.2. The molecule has 0 saturated carbocycles. The van der Waals surface area contributed by atoms with Gasteiger partial charge in [0.1, 0.15) is 0 Å². The minimum atomic E-state index is 0.133. The fourth-order valence-electron chi connectivity index (χ4n) is 1.51. The maximum Gasteiger partial charge on any atom is 0.220 e. The molecule has 1 rings (SSSR count). The number of amides is 1. The summed E-state index contributed by atoms with van der Waals surface area (Å²) in [5.41, 5.74) is 0. The van der Waals surface area contributed by atoms with Gasteiger partial charge in [-0.15, -0.1) is 22.9 Å². The van der Waals surface area contributed by atoms with Crippen LogP contribution in [0.25, 0.3) is 0 Å². The second-order valence-electron chi connectivity index (χ2n) is 3.90. The highest BCUT2D eigenvalue weighted by atomic mass is 35.5. The van der Waals surface area contributed by atoms with Crippen LogP contribution in [0.5, 0.6) is 0 Å². The smallest absolute Gasteiger partial charge is 0.220 e. The minimum Gasteiger partial charge on any atom is -0.353 e. The van der Waals surface area contributed by atoms with E-state index in [1.807, 2.05) is 13.0 Å². The molecule has 0 radical (unpaired) electrons. The standard InChI is InChI=1S/C12H18ClNOS/c1-10(9-11-5-4-8-16-11)14-12(15)6-2-3-7-13/h4-5,8,10H,2-3,6-7,9H2,1H3,(H,14,15). The quantitative estimate of drug-likeness (QED) is 0.591. The lowest BCUT2D eigenvalue weighted by Gasteiger charge is -2.12. The van der Waals surface area contributed by atoms with Crippen molar-refractivity contribution in [3.05, 3.63) is 22.4 Å². The Hall–Kier alpha value is -0.540. The largest absolute Gasteiger partial charge is 0.353 e. The highest BCUT2D eigenvalue weighted by Gasteiger charge is 2.08. The number of hydrogen-bond acceptors (Lipinski definition) is 2. The molecular weight excluding hydrogens is 242 g/mol. The van der Waals surface area contributed by atoms with Crippen LogP contribution in [-0.2, 0) is 11.2 Å². The van der Waals surface area contributed by atoms with Gasteiger partial charge in [0.25, 0.3) is 0 Å². The van der Waals surface area contributed by atoms with E-state index in [1.54, 1.807) is 11.3 Å². The molecule has 1 aromatic rings. The molecule has 1 aromatic heterocycles. The summed E-state index contributed by atoms with van der Waals surface area (Å²) in [7, 11) is 0. The summed E-state index contributed by atoms with van der Waals surface area (Å²) in [6, 6.07) is 4.35. The normalized spacial score (nSPS) is 12.4. The van der Waals surface area contributed by atoms with E-state index in [2.05, 4.69) is 16.8 Å². The fourth-order valence-corrected chi connectivity index (χ4v) is 2.53. The Balaban J connectivity index is 2.18. The Morgan fingerprint density at radius 3 is 3.00 bits per heavy atom. The Bertz CT molecular complexity index is 300. The third-order valence-corrected chi connectivity index (χ3v) is 3.45. The molecular formula is C12H18ClNOS. The molecule has 16 heavy (non-hydrogen) atoms. The minimum absolute atomic E-state index is 0.133. The van der Waals surface area contributed by atoms with Crippen LogP contribution in [0.4, 0.5) is 0 Å². The molecule has 0 aliphatic rings. The van der Waals surface area contributed by atoms with Crippen molar-refractivity contribution < 1.29 is 4.79 Å². The molecule has 0 saturated heterocycles. The monoisotopic (exact) mass is 259 g/mol. The van der Waals surface area contributed by atoms with Crippen molar-refractivity contribution in [2.45, 2.75) is 38.6 Å². The summed E-state index contributed by atoms with van der Waals surface area (Å²) in [5, 5.41) is 5.06. The molecule has 0 aliphatic carbocycles. The number of thiophene rings is 1. The Morgan fingerprint density at radius 1 is 1.56 bits per heavy atom. The molecule has 90 valence electrons. The molecule has 0 spiro atoms. The van der Waals surface area contributed by atoms with Gasteiger partial charge in [-0.3, -0.25) is 4.79 Å². The fraction of sp³-hybridized carbons (Fsp3) is 0.583. The van der Waals surface area contributed by atoms with Gasteiger partial charge in [-0.05, 0) is 31.2 Å². The Kier molecular flexibility index (Phi) is 6.50. The van der Waals surface area contributed by atoms with E-state index >= 15 is 0 Å². The van der Waals surface area contributed by atoms with Crippen LogP contribution in [0.1, 0.15) is 31.1 Å². The second kappa shape index (κ2) is 7.69. The van der Waals surface area contributed by atoms with Crippen molar-refractivity contribution in [3.63, 3.8) is 0 Å². The highest BCUT2D eigenvalue weighted by molar-refractivity contribution is 7.09. The number of alkyl halides is 1. The molecule has 4 heteroatoms. The zero-order valence-corrected chi connectivity index (χ0v) is 11.1. The SMILES string of the molecule is CC(Cc1cccs1)NC(=O)CCCCCl. The van der Waals surface area contributed by atoms with Gasteiger partial charge in [0.2, 0.25) is 5.91 Å². The first kappa shape index (κ1) is 13.5. The highest BCUT2D eigenvalue weighted by Crippen LogP contribution is 2.11. The van der Waals surface area contributed by atoms with Crippen molar-refractivity contribution in [1.82, 2.24) is 5.32 Å². The predicted octanol–water partition coefficient (Wildman–Crippen LogP) is 3.20. The predicted molar refractivity (Wildman–Crippen MR) is 70.2 cm³/mol. The van der Waals surface area contributed by atoms with E-state index in [9.17, 15) is 4.79 Å². The molecule has 2 nitrogen and oxygen atoms in total. The summed E-state index contributed by atoms with van der Waals surface area (Å²) in [4.78, 5) is 12.8. The van der Waals surface area contributed by atoms with Crippen LogP contribution < -0.4 is 5.32 Å². The van der Waals surface area contributed by atoms with E-state index < -0.39 is 0 Å². The van der Waals surface area contributed by atoms with Gasteiger partial charge in [-0.25, -0.2) is 0 Å². The number of halogens is 1. The van der Waals surface area contributed by atoms with Crippen LogP contribution in [-0.4, -0.2) is 17.8 Å². The molecule has 0 aromatic carbocycles. The van der Waals surface area contributed by atoms with Crippen molar-refractivity contribution in [1.29, 1.82) is 0 Å². The molecule has 0 fully saturated rings. The van der Waals surface area contributed by atoms with Crippen LogP contribution >= 0.6 is 22.9 Å². The summed E-state index contributed by atoms with van der Waals surface area (Å²) in [5.74, 6) is 0.770. The van der Waals surface area contributed by atoms with E-state index in [4.69, 9.17) is 11.6 Å². The molecule has 1 heterocycles. The average molecular weight is 260 g/mol. The Morgan fingerprint density at radius 2 is 2.38 bits per heavy atom. The molecule has 0 aliphatic heterocycles. The van der Waals surface area contributed by atoms with Crippen molar-refractivity contribution in [2.75, 3.05) is 5.88 Å². The molecule has 1 amide bonds. The second-order valence-corrected chi connectivity index (χ2v) is 5.31. The number of carbonyl (C=O) groups is 1. The Labute approximate surface area is 106 Å². The van der Waals surface area contributed by atoms with Gasteiger partial charge in [-0.1, -0.05) is 6.07 Å². The lowest BCUT2D eigenvalue weighted by Crippen LogP contribution is -2.33. The van der Waals surface area contributed by atoms with Gasteiger partial charge < -0.3 is 5.32 Å². The summed E-state index contributed by atoms with van der Waals surface area (Å²) >= 11 is 7.29. The molecule has 0 bridgehead atoms. The summed E-state index contributed by atoms with van der Waals surface area (Å²) in [6.07, 6.45) is 3.29. The van der Waals surface area contributed by atoms with Gasteiger partial charge in [-0.2, -0.15) is 0 Å². The van der Waals surface area contributed by atoms with E-state index in [-0.39, 0.29) is 11.9 Å². The third kappa shape index (κ3) is 5.52. The maximum atomic E-state index is 11.5. The number of unbranched alkanes of at least 4 members (excludes halogenated alkanes) is 1. The maximum absolute atomic E-state index is 11.5. The zero-order valence-electron chi connectivity index (χ0n) is 9.54. The van der Waals surface area contributed by atoms with E-state index in [0.717, 1.165) is 19.3 Å². The molecule has 1 atom stereocenters. The number of carbonyl (C=O) groups excluding carboxylic acids is 1. The summed E-state index contributed by atoms with van der Waals surface area (Å²) in [6.45, 7) is 2.04. The van der Waals surface area contributed by atoms with Crippen LogP contribution in [0.15, 0.2) is 17.5 Å². The first-order valence-corrected chi connectivity index (χ1v) is 7.01. The van der Waals surface area contributed by atoms with Gasteiger partial charge in [0.15, 0.2) is 0 Å². The van der Waals surface area contributed by atoms with Crippen LogP contribution in [0.3, 0.4) is 0 Å². The van der Waals surface area contributed by atoms with Crippen molar-refractivity contribution in [2.24, 2.45) is 0 Å². The number of hydrogen-bond donors (Lipinski definition) is 1. The molecule has 1 N–H and O–H groups in total. The number of rotatable bonds is 7. The third-order valence-electron chi connectivity index (χ3n) is 2.28. The topological polar surface area (TPSA) is 29.1 Å². The summed E-state index contributed by atoms with van der Waals surface area (Å²) < 4.78 is 0. The zero-order chi connectivity index (χ0) is 11.8. The first-order chi connectivity index (χ1) is 7.72. The van der Waals surface area contributed by atoms with Crippen LogP contribution in [0.2, 0.25) is 0 Å². The average Bonchev–Trinajstić information content (AvgIpc) is 2.70. The van der Waals surface area contributed by atoms with E-state index in [1.165, 1.54) is 4.88 Å². The van der Waals surface area contributed by atoms with Gasteiger partial charge >= 0.3 is 0 Å². The lowest BCUT2D eigenvalue weighted by molar-refractivity contribution is -0.121. The van der Waals surface area contributed by atoms with Gasteiger partial charge in [0, 0.05) is 29.6 Å². The van der Waals surface area contributed by atoms with Crippen molar-refractivity contribution >= 4 is 28.8 Å². The number of nitrogens with one attached hydrogen (secondary N) is 1. The first-order valence-electron chi connectivity index (χ1n) is 5.60. The van der Waals surface area contributed by atoms with Gasteiger partial charge in [0.05, 0.1) is 0 Å². The van der Waals surface area contributed by atoms with Crippen LogP contribution in [0, 0.1) is 0 Å². The molecule has 1 unspecified atom stereocenters. The van der Waals surface area contributed by atoms with E-state index in [0.29, 0.717) is 12.3 Å².